The van der Waals surface area contributed by atoms with Crippen LogP contribution in [-0.4, -0.2) is 27.4 Å². The summed E-state index contributed by atoms with van der Waals surface area (Å²) in [5, 5.41) is 22.6. The fourth-order valence-corrected chi connectivity index (χ4v) is 5.60. The van der Waals surface area contributed by atoms with Gasteiger partial charge in [0.1, 0.15) is 0 Å². The molecule has 2 aliphatic carbocycles. The number of pyridine rings is 1. The summed E-state index contributed by atoms with van der Waals surface area (Å²) in [6.45, 7) is 8.69. The van der Waals surface area contributed by atoms with Gasteiger partial charge < -0.3 is 15.2 Å². The second-order valence-corrected chi connectivity index (χ2v) is 10.9. The van der Waals surface area contributed by atoms with Crippen molar-refractivity contribution in [3.8, 4) is 11.3 Å². The maximum absolute atomic E-state index is 10.3. The molecule has 0 amide bonds. The van der Waals surface area contributed by atoms with Crippen molar-refractivity contribution in [3.63, 3.8) is 0 Å². The van der Waals surface area contributed by atoms with Gasteiger partial charge in [0.25, 0.3) is 0 Å². The maximum Gasteiger partial charge on any atom is 0.0646 e. The molecule has 4 atom stereocenters. The van der Waals surface area contributed by atoms with Gasteiger partial charge in [0.2, 0.25) is 0 Å². The Morgan fingerprint density at radius 2 is 1.79 bits per heavy atom. The molecule has 1 radical (unpaired) electrons. The first-order chi connectivity index (χ1) is 15.8. The summed E-state index contributed by atoms with van der Waals surface area (Å²) < 4.78 is 0. The van der Waals surface area contributed by atoms with E-state index in [9.17, 15) is 10.2 Å². The van der Waals surface area contributed by atoms with Crippen LogP contribution >= 0.6 is 0 Å². The standard InChI is InChI=1S/C18H16N.C12H22O2.Ir/c1-13(2)15-8-9-16-12-19-18(11-17(16)10-15)14-6-4-3-5-7-14;1-12(2)7-3-4-8-5-6-9(13)10(8)11(12)14;/h3-6,8-13H,1-2H3;8-11,13-14H,3-7H2,1-2H3;/q-1;;. The van der Waals surface area contributed by atoms with Gasteiger partial charge in [-0.1, -0.05) is 58.4 Å². The molecule has 0 aliphatic heterocycles. The number of benzene rings is 2. The summed E-state index contributed by atoms with van der Waals surface area (Å²) in [7, 11) is 0. The molecule has 2 N–H and O–H groups in total. The molecule has 0 bridgehead atoms. The van der Waals surface area contributed by atoms with E-state index in [0.29, 0.717) is 11.8 Å². The second-order valence-electron chi connectivity index (χ2n) is 10.9. The Labute approximate surface area is 218 Å². The van der Waals surface area contributed by atoms with Gasteiger partial charge in [-0.2, -0.15) is 0 Å². The predicted octanol–water partition coefficient (Wildman–Crippen LogP) is 6.77. The van der Waals surface area contributed by atoms with Crippen molar-refractivity contribution in [3.05, 3.63) is 66.4 Å². The second kappa shape index (κ2) is 11.4. The predicted molar refractivity (Wildman–Crippen MR) is 136 cm³/mol. The normalized spacial score (nSPS) is 25.6. The first kappa shape index (κ1) is 27.0. The van der Waals surface area contributed by atoms with Crippen LogP contribution in [0.4, 0.5) is 0 Å². The van der Waals surface area contributed by atoms with Crippen LogP contribution in [0.15, 0.2) is 54.7 Å². The largest absolute Gasteiger partial charge is 0.393 e. The third kappa shape index (κ3) is 5.97. The summed E-state index contributed by atoms with van der Waals surface area (Å²) in [5.41, 5.74) is 3.38. The number of nitrogens with zero attached hydrogens (tertiary/aromatic N) is 1. The molecule has 185 valence electrons. The van der Waals surface area contributed by atoms with Crippen LogP contribution in [0.3, 0.4) is 0 Å². The van der Waals surface area contributed by atoms with Crippen LogP contribution in [0, 0.1) is 23.3 Å². The molecule has 1 aromatic heterocycles. The zero-order valence-corrected chi connectivity index (χ0v) is 23.2. The Hall–Kier alpha value is -1.58. The van der Waals surface area contributed by atoms with E-state index in [2.05, 4.69) is 63.0 Å². The minimum absolute atomic E-state index is 0. The molecule has 0 saturated heterocycles. The van der Waals surface area contributed by atoms with E-state index in [1.807, 2.05) is 30.5 Å². The molecule has 4 unspecified atom stereocenters. The molecule has 2 fully saturated rings. The Kier molecular flexibility index (Phi) is 9.09. The van der Waals surface area contributed by atoms with Crippen molar-refractivity contribution in [2.75, 3.05) is 0 Å². The molecular weight excluding hydrogens is 599 g/mol. The average molecular weight is 637 g/mol. The number of fused-ring (bicyclic) bond motifs is 2. The smallest absolute Gasteiger partial charge is 0.0646 e. The molecule has 4 heteroatoms. The minimum atomic E-state index is -0.313. The Morgan fingerprint density at radius 3 is 2.50 bits per heavy atom. The van der Waals surface area contributed by atoms with Gasteiger partial charge in [0.15, 0.2) is 0 Å². The monoisotopic (exact) mass is 637 g/mol. The molecule has 0 spiro atoms. The molecule has 2 aromatic carbocycles. The summed E-state index contributed by atoms with van der Waals surface area (Å²) in [6, 6.07) is 19.9. The van der Waals surface area contributed by atoms with Crippen molar-refractivity contribution in [2.45, 2.75) is 77.9 Å². The van der Waals surface area contributed by atoms with E-state index in [-0.39, 0.29) is 43.6 Å². The molecule has 3 aromatic rings. The number of rotatable bonds is 2. The number of hydrogen-bond acceptors (Lipinski definition) is 3. The quantitative estimate of drug-likeness (QED) is 0.306. The first-order valence-electron chi connectivity index (χ1n) is 12.5. The van der Waals surface area contributed by atoms with Crippen LogP contribution < -0.4 is 0 Å². The molecule has 34 heavy (non-hydrogen) atoms. The van der Waals surface area contributed by atoms with Gasteiger partial charge >= 0.3 is 0 Å². The Bertz CT molecular complexity index is 1070. The summed E-state index contributed by atoms with van der Waals surface area (Å²) in [5.74, 6) is 1.26. The van der Waals surface area contributed by atoms with E-state index < -0.39 is 0 Å². The molecular formula is C30H38IrNO2-. The van der Waals surface area contributed by atoms with E-state index in [4.69, 9.17) is 0 Å². The van der Waals surface area contributed by atoms with Crippen LogP contribution in [0.1, 0.15) is 71.3 Å². The molecule has 5 rings (SSSR count). The van der Waals surface area contributed by atoms with Gasteiger partial charge in [-0.15, -0.1) is 35.9 Å². The summed E-state index contributed by atoms with van der Waals surface area (Å²) in [4.78, 5) is 4.52. The number of aliphatic hydroxyl groups is 2. The Balaban J connectivity index is 0.000000193. The van der Waals surface area contributed by atoms with Crippen molar-refractivity contribution in [1.29, 1.82) is 0 Å². The third-order valence-electron chi connectivity index (χ3n) is 7.78. The van der Waals surface area contributed by atoms with Gasteiger partial charge in [-0.3, -0.25) is 0 Å². The van der Waals surface area contributed by atoms with Gasteiger partial charge in [-0.25, -0.2) is 0 Å². The SMILES string of the molecule is CC(C)c1ccc2cnc(-c3[c-]cccc3)cc2c1.CC1(C)CCCC2CCC(O)C2C1O.[Ir]. The summed E-state index contributed by atoms with van der Waals surface area (Å²) >= 11 is 0. The van der Waals surface area contributed by atoms with Crippen molar-refractivity contribution in [2.24, 2.45) is 17.3 Å². The number of hydrogen-bond donors (Lipinski definition) is 2. The Morgan fingerprint density at radius 1 is 1.00 bits per heavy atom. The van der Waals surface area contributed by atoms with Crippen molar-refractivity contribution in [1.82, 2.24) is 4.98 Å². The van der Waals surface area contributed by atoms with Crippen LogP contribution in [0.25, 0.3) is 22.0 Å². The zero-order valence-electron chi connectivity index (χ0n) is 20.8. The molecule has 2 aliphatic rings. The van der Waals surface area contributed by atoms with Crippen LogP contribution in [0.5, 0.6) is 0 Å². The van der Waals surface area contributed by atoms with Crippen molar-refractivity contribution < 1.29 is 30.3 Å². The molecule has 3 nitrogen and oxygen atoms in total. The van der Waals surface area contributed by atoms with Crippen LogP contribution in [-0.2, 0) is 20.1 Å². The van der Waals surface area contributed by atoms with Gasteiger partial charge in [0, 0.05) is 32.2 Å². The third-order valence-corrected chi connectivity index (χ3v) is 7.78. The molecule has 1 heterocycles. The topological polar surface area (TPSA) is 53.4 Å². The van der Waals surface area contributed by atoms with E-state index >= 15 is 0 Å². The van der Waals surface area contributed by atoms with Crippen LogP contribution in [0.2, 0.25) is 0 Å². The van der Waals surface area contributed by atoms with E-state index in [1.165, 1.54) is 29.2 Å². The average Bonchev–Trinajstić information content (AvgIpc) is 3.13. The molecule has 2 saturated carbocycles. The van der Waals surface area contributed by atoms with Gasteiger partial charge in [0.05, 0.1) is 12.2 Å². The van der Waals surface area contributed by atoms with Crippen molar-refractivity contribution >= 4 is 10.8 Å². The minimum Gasteiger partial charge on any atom is -0.393 e. The van der Waals surface area contributed by atoms with E-state index in [1.54, 1.807) is 0 Å². The number of aromatic nitrogens is 1. The van der Waals surface area contributed by atoms with E-state index in [0.717, 1.165) is 30.5 Å². The summed E-state index contributed by atoms with van der Waals surface area (Å²) in [6.07, 6.45) is 6.87. The fraction of sp³-hybridized carbons (Fsp3) is 0.500. The zero-order chi connectivity index (χ0) is 23.6. The maximum atomic E-state index is 10.3. The first-order valence-corrected chi connectivity index (χ1v) is 12.5. The van der Waals surface area contributed by atoms with Gasteiger partial charge in [-0.05, 0) is 65.0 Å². The number of aliphatic hydroxyl groups excluding tert-OH is 2. The fourth-order valence-electron chi connectivity index (χ4n) is 5.60.